The molecule has 0 radical (unpaired) electrons. The number of thiophene rings is 1. The zero-order chi connectivity index (χ0) is 21.5. The second-order valence-electron chi connectivity index (χ2n) is 7.08. The molecule has 0 unspecified atom stereocenters. The number of nitrogens with one attached hydrogen (secondary N) is 2. The summed E-state index contributed by atoms with van der Waals surface area (Å²) < 4.78 is 12.0. The number of hydrogen-bond donors (Lipinski definition) is 2. The lowest BCUT2D eigenvalue weighted by Crippen LogP contribution is -2.34. The molecule has 0 aliphatic carbocycles. The molecule has 4 heterocycles. The number of methoxy groups -OCH3 is 1. The topological polar surface area (TPSA) is 111 Å². The Kier molecular flexibility index (Phi) is 5.05. The van der Waals surface area contributed by atoms with E-state index in [9.17, 15) is 4.79 Å². The minimum Gasteiger partial charge on any atom is -0.418 e. The first kappa shape index (κ1) is 19.9. The third-order valence-corrected chi connectivity index (χ3v) is 6.14. The molecule has 31 heavy (non-hydrogen) atoms. The molecule has 0 fully saturated rings. The van der Waals surface area contributed by atoms with E-state index >= 15 is 0 Å². The summed E-state index contributed by atoms with van der Waals surface area (Å²) in [4.78, 5) is 30.5. The number of halogens is 1. The molecule has 0 spiro atoms. The van der Waals surface area contributed by atoms with Crippen LogP contribution in [-0.4, -0.2) is 45.5 Å². The number of carbonyl (C=O) groups excluding carboxylic acids is 1. The fourth-order valence-electron chi connectivity index (χ4n) is 3.44. The van der Waals surface area contributed by atoms with Gasteiger partial charge in [-0.05, 0) is 30.7 Å². The Morgan fingerprint density at radius 1 is 1.26 bits per heavy atom. The van der Waals surface area contributed by atoms with E-state index in [1.54, 1.807) is 13.3 Å². The van der Waals surface area contributed by atoms with Crippen molar-refractivity contribution in [2.75, 3.05) is 19.0 Å². The van der Waals surface area contributed by atoms with Gasteiger partial charge in [0.2, 0.25) is 17.0 Å². The SMILES string of the molecule is COCc1cnc(Cl)nc1Oc1cnc2c(ccc3sc4c(c32)NC[C@@H](C)NC4=O)n1. The Labute approximate surface area is 185 Å². The number of hydrogen-bond acceptors (Lipinski definition) is 9. The van der Waals surface area contributed by atoms with Gasteiger partial charge in [0.1, 0.15) is 4.88 Å². The van der Waals surface area contributed by atoms with Gasteiger partial charge in [0.05, 0.1) is 35.1 Å². The van der Waals surface area contributed by atoms with Gasteiger partial charge >= 0.3 is 0 Å². The van der Waals surface area contributed by atoms with Crippen molar-refractivity contribution in [3.8, 4) is 11.8 Å². The van der Waals surface area contributed by atoms with Crippen LogP contribution in [0.15, 0.2) is 24.5 Å². The summed E-state index contributed by atoms with van der Waals surface area (Å²) in [6.07, 6.45) is 3.07. The summed E-state index contributed by atoms with van der Waals surface area (Å²) in [5, 5.41) is 7.31. The Balaban J connectivity index is 1.58. The Bertz CT molecular complexity index is 1330. The Morgan fingerprint density at radius 3 is 2.97 bits per heavy atom. The quantitative estimate of drug-likeness (QED) is 0.446. The van der Waals surface area contributed by atoms with Crippen LogP contribution in [0.3, 0.4) is 0 Å². The zero-order valence-electron chi connectivity index (χ0n) is 16.6. The molecule has 4 aromatic rings. The second kappa shape index (κ2) is 7.88. The molecule has 0 saturated heterocycles. The predicted octanol–water partition coefficient (Wildman–Crippen LogP) is 3.77. The summed E-state index contributed by atoms with van der Waals surface area (Å²) >= 11 is 7.35. The first-order valence-corrected chi connectivity index (χ1v) is 10.7. The van der Waals surface area contributed by atoms with Crippen LogP contribution in [0.5, 0.6) is 11.8 Å². The van der Waals surface area contributed by atoms with E-state index in [-0.39, 0.29) is 35.6 Å². The van der Waals surface area contributed by atoms with Crippen molar-refractivity contribution < 1.29 is 14.3 Å². The van der Waals surface area contributed by atoms with E-state index < -0.39 is 0 Å². The zero-order valence-corrected chi connectivity index (χ0v) is 18.2. The van der Waals surface area contributed by atoms with Crippen molar-refractivity contribution in [1.82, 2.24) is 25.3 Å². The van der Waals surface area contributed by atoms with Crippen LogP contribution in [0, 0.1) is 0 Å². The third-order valence-electron chi connectivity index (χ3n) is 4.81. The van der Waals surface area contributed by atoms with Crippen LogP contribution >= 0.6 is 22.9 Å². The summed E-state index contributed by atoms with van der Waals surface area (Å²) in [6.45, 7) is 2.86. The van der Waals surface area contributed by atoms with E-state index in [4.69, 9.17) is 21.1 Å². The minimum absolute atomic E-state index is 0.0317. The molecule has 1 atom stereocenters. The van der Waals surface area contributed by atoms with E-state index in [2.05, 4.69) is 30.6 Å². The van der Waals surface area contributed by atoms with Crippen molar-refractivity contribution in [3.63, 3.8) is 0 Å². The lowest BCUT2D eigenvalue weighted by atomic mass is 10.1. The predicted molar refractivity (Wildman–Crippen MR) is 118 cm³/mol. The largest absolute Gasteiger partial charge is 0.418 e. The van der Waals surface area contributed by atoms with Crippen molar-refractivity contribution in [1.29, 1.82) is 0 Å². The summed E-state index contributed by atoms with van der Waals surface area (Å²) in [5.41, 5.74) is 2.76. The lowest BCUT2D eigenvalue weighted by molar-refractivity contribution is 0.0949. The number of ether oxygens (including phenoxy) is 2. The first-order chi connectivity index (χ1) is 15.0. The summed E-state index contributed by atoms with van der Waals surface area (Å²) in [7, 11) is 1.57. The van der Waals surface area contributed by atoms with Crippen molar-refractivity contribution in [2.24, 2.45) is 0 Å². The van der Waals surface area contributed by atoms with Crippen LogP contribution in [0.25, 0.3) is 21.1 Å². The molecule has 3 aromatic heterocycles. The molecule has 1 amide bonds. The molecule has 1 aromatic carbocycles. The maximum absolute atomic E-state index is 12.6. The number of nitrogens with zero attached hydrogens (tertiary/aromatic N) is 4. The van der Waals surface area contributed by atoms with Gasteiger partial charge in [-0.3, -0.25) is 4.79 Å². The maximum Gasteiger partial charge on any atom is 0.263 e. The molecule has 11 heteroatoms. The molecule has 1 aliphatic rings. The van der Waals surface area contributed by atoms with Crippen LogP contribution in [0.1, 0.15) is 22.2 Å². The smallest absolute Gasteiger partial charge is 0.263 e. The average Bonchev–Trinajstić information content (AvgIpc) is 3.07. The van der Waals surface area contributed by atoms with Gasteiger partial charge in [0.15, 0.2) is 0 Å². The third kappa shape index (κ3) is 3.62. The fourth-order valence-corrected chi connectivity index (χ4v) is 4.65. The van der Waals surface area contributed by atoms with Crippen LogP contribution in [0.2, 0.25) is 5.28 Å². The number of aromatic nitrogens is 4. The Morgan fingerprint density at radius 2 is 2.13 bits per heavy atom. The van der Waals surface area contributed by atoms with E-state index in [1.165, 1.54) is 17.5 Å². The van der Waals surface area contributed by atoms with Crippen molar-refractivity contribution in [3.05, 3.63) is 40.3 Å². The fraction of sp³-hybridized carbons (Fsp3) is 0.250. The standard InChI is InChI=1S/C20H17ClN6O3S/c1-9-5-22-16-14-12(31-17(16)18(28)25-9)4-3-11-15(14)23-7-13(26-11)30-19-10(8-29-2)6-24-20(21)27-19/h3-4,6-7,9,22H,5,8H2,1-2H3,(H,25,28)/t9-/m1/s1. The summed E-state index contributed by atoms with van der Waals surface area (Å²) in [5.74, 6) is 0.439. The van der Waals surface area contributed by atoms with E-state index in [1.807, 2.05) is 19.1 Å². The molecule has 1 aliphatic heterocycles. The van der Waals surface area contributed by atoms with E-state index in [0.717, 1.165) is 15.8 Å². The van der Waals surface area contributed by atoms with Crippen molar-refractivity contribution >= 4 is 55.7 Å². The highest BCUT2D eigenvalue weighted by molar-refractivity contribution is 7.21. The monoisotopic (exact) mass is 456 g/mol. The normalized spacial score (nSPS) is 16.0. The molecule has 0 saturated carbocycles. The van der Waals surface area contributed by atoms with Crippen LogP contribution in [0.4, 0.5) is 5.69 Å². The molecule has 5 rings (SSSR count). The number of fused-ring (bicyclic) bond motifs is 5. The molecule has 0 bridgehead atoms. The first-order valence-electron chi connectivity index (χ1n) is 9.48. The number of anilines is 1. The molecule has 158 valence electrons. The Hall–Kier alpha value is -3.08. The van der Waals surface area contributed by atoms with Gasteiger partial charge in [-0.1, -0.05) is 0 Å². The van der Waals surface area contributed by atoms with E-state index in [0.29, 0.717) is 28.0 Å². The highest BCUT2D eigenvalue weighted by atomic mass is 35.5. The van der Waals surface area contributed by atoms with Gasteiger partial charge in [0.25, 0.3) is 5.91 Å². The lowest BCUT2D eigenvalue weighted by Gasteiger charge is -2.10. The summed E-state index contributed by atoms with van der Waals surface area (Å²) in [6, 6.07) is 3.83. The van der Waals surface area contributed by atoms with Crippen LogP contribution in [-0.2, 0) is 11.3 Å². The minimum atomic E-state index is -0.0823. The van der Waals surface area contributed by atoms with Crippen molar-refractivity contribution in [2.45, 2.75) is 19.6 Å². The number of amides is 1. The molecular formula is C20H17ClN6O3S. The molecular weight excluding hydrogens is 440 g/mol. The van der Waals surface area contributed by atoms with Gasteiger partial charge < -0.3 is 20.1 Å². The highest BCUT2D eigenvalue weighted by Crippen LogP contribution is 2.40. The van der Waals surface area contributed by atoms with Gasteiger partial charge in [-0.15, -0.1) is 11.3 Å². The molecule has 2 N–H and O–H groups in total. The highest BCUT2D eigenvalue weighted by Gasteiger charge is 2.25. The van der Waals surface area contributed by atoms with Gasteiger partial charge in [0, 0.05) is 36.0 Å². The average molecular weight is 457 g/mol. The number of rotatable bonds is 4. The number of benzene rings is 1. The molecule has 9 nitrogen and oxygen atoms in total. The number of carbonyl (C=O) groups is 1. The second-order valence-corrected chi connectivity index (χ2v) is 8.47. The maximum atomic E-state index is 12.6. The van der Waals surface area contributed by atoms with Gasteiger partial charge in [-0.25, -0.2) is 15.0 Å². The van der Waals surface area contributed by atoms with Crippen LogP contribution < -0.4 is 15.4 Å². The van der Waals surface area contributed by atoms with Gasteiger partial charge in [-0.2, -0.15) is 4.98 Å².